The summed E-state index contributed by atoms with van der Waals surface area (Å²) in [5.41, 5.74) is 8.92. The van der Waals surface area contributed by atoms with Crippen LogP contribution in [0.2, 0.25) is 0 Å². The van der Waals surface area contributed by atoms with Crippen molar-refractivity contribution in [2.75, 3.05) is 13.7 Å². The smallest absolute Gasteiger partial charge is 0.275 e. The van der Waals surface area contributed by atoms with Crippen molar-refractivity contribution < 1.29 is 14.8 Å². The Hall–Kier alpha value is -2.79. The number of quaternary nitrogens is 1. The van der Waals surface area contributed by atoms with Gasteiger partial charge in [-0.2, -0.15) is 0 Å². The van der Waals surface area contributed by atoms with Crippen LogP contribution in [0.15, 0.2) is 54.7 Å². The molecule has 25 heavy (non-hydrogen) atoms. The third-order valence-electron chi connectivity index (χ3n) is 4.69. The van der Waals surface area contributed by atoms with Gasteiger partial charge in [0.1, 0.15) is 5.75 Å². The fourth-order valence-corrected chi connectivity index (χ4v) is 3.12. The number of primary amides is 1. The van der Waals surface area contributed by atoms with E-state index < -0.39 is 0 Å². The molecule has 3 aromatic rings. The summed E-state index contributed by atoms with van der Waals surface area (Å²) in [6, 6.07) is 16.1. The van der Waals surface area contributed by atoms with Gasteiger partial charge in [0.2, 0.25) is 0 Å². The van der Waals surface area contributed by atoms with E-state index in [1.807, 2.05) is 36.5 Å². The van der Waals surface area contributed by atoms with E-state index in [2.05, 4.69) is 35.4 Å². The van der Waals surface area contributed by atoms with Crippen LogP contribution in [0.1, 0.15) is 24.0 Å². The molecular weight excluding hydrogens is 314 g/mol. The molecule has 2 atom stereocenters. The highest BCUT2D eigenvalue weighted by molar-refractivity contribution is 5.84. The summed E-state index contributed by atoms with van der Waals surface area (Å²) in [7, 11) is 1.66. The minimum absolute atomic E-state index is 0.142. The van der Waals surface area contributed by atoms with Crippen molar-refractivity contribution >= 4 is 16.8 Å². The minimum Gasteiger partial charge on any atom is -0.497 e. The number of methoxy groups -OCH3 is 1. The molecule has 5 heteroatoms. The molecule has 1 amide bonds. The molecule has 5 nitrogen and oxygen atoms in total. The molecule has 1 aromatic heterocycles. The largest absolute Gasteiger partial charge is 0.497 e. The van der Waals surface area contributed by atoms with E-state index in [1.165, 1.54) is 16.5 Å². The summed E-state index contributed by atoms with van der Waals surface area (Å²) in [5.74, 6) is 0.673. The Bertz CT molecular complexity index is 855. The number of hydrogen-bond donors (Lipinski definition) is 3. The lowest BCUT2D eigenvalue weighted by Crippen LogP contribution is -2.92. The van der Waals surface area contributed by atoms with Crippen LogP contribution in [0.25, 0.3) is 10.9 Å². The molecule has 0 aliphatic carbocycles. The topological polar surface area (TPSA) is 84.7 Å². The standard InChI is InChI=1S/C20H23N3O2/c1-13(20(21)24)22-11-17(14-7-9-15(25-2)10-8-14)18-12-23-19-6-4-3-5-16(18)19/h3-10,12-13,17,22-23H,11H2,1-2H3,(H2,21,24)/p+1/t13-,17+/m0/s1. The Kier molecular flexibility index (Phi) is 5.05. The van der Waals surface area contributed by atoms with Crippen molar-refractivity contribution in [2.24, 2.45) is 5.73 Å². The van der Waals surface area contributed by atoms with E-state index in [4.69, 9.17) is 10.5 Å². The predicted molar refractivity (Wildman–Crippen MR) is 98.6 cm³/mol. The van der Waals surface area contributed by atoms with Crippen LogP contribution < -0.4 is 15.8 Å². The number of benzene rings is 2. The average Bonchev–Trinajstić information content (AvgIpc) is 3.06. The molecule has 5 N–H and O–H groups in total. The van der Waals surface area contributed by atoms with Gasteiger partial charge in [-0.15, -0.1) is 0 Å². The molecular formula is C20H24N3O2+. The van der Waals surface area contributed by atoms with Crippen molar-refractivity contribution in [3.8, 4) is 5.75 Å². The van der Waals surface area contributed by atoms with Crippen LogP contribution in [-0.2, 0) is 4.79 Å². The van der Waals surface area contributed by atoms with Crippen LogP contribution in [-0.4, -0.2) is 30.6 Å². The van der Waals surface area contributed by atoms with Gasteiger partial charge in [-0.05, 0) is 36.2 Å². The fraction of sp³-hybridized carbons (Fsp3) is 0.250. The number of para-hydroxylation sites is 1. The van der Waals surface area contributed by atoms with Crippen molar-refractivity contribution in [1.82, 2.24) is 4.98 Å². The summed E-state index contributed by atoms with van der Waals surface area (Å²) in [5, 5.41) is 3.20. The molecule has 0 saturated heterocycles. The summed E-state index contributed by atoms with van der Waals surface area (Å²) >= 11 is 0. The number of fused-ring (bicyclic) bond motifs is 1. The van der Waals surface area contributed by atoms with Crippen molar-refractivity contribution in [2.45, 2.75) is 18.9 Å². The number of ether oxygens (including phenoxy) is 1. The zero-order chi connectivity index (χ0) is 17.8. The van der Waals surface area contributed by atoms with Gasteiger partial charge in [-0.25, -0.2) is 0 Å². The quantitative estimate of drug-likeness (QED) is 0.613. The zero-order valence-corrected chi connectivity index (χ0v) is 14.5. The van der Waals surface area contributed by atoms with Crippen LogP contribution in [0.4, 0.5) is 0 Å². The fourth-order valence-electron chi connectivity index (χ4n) is 3.12. The molecule has 0 aliphatic heterocycles. The van der Waals surface area contributed by atoms with Crippen LogP contribution in [0.3, 0.4) is 0 Å². The number of aromatic amines is 1. The Morgan fingerprint density at radius 2 is 1.92 bits per heavy atom. The molecule has 0 spiro atoms. The number of rotatable bonds is 7. The molecule has 0 bridgehead atoms. The van der Waals surface area contributed by atoms with Crippen molar-refractivity contribution in [3.05, 3.63) is 65.9 Å². The predicted octanol–water partition coefficient (Wildman–Crippen LogP) is 1.75. The highest BCUT2D eigenvalue weighted by Crippen LogP contribution is 2.30. The normalized spacial score (nSPS) is 13.5. The second-order valence-electron chi connectivity index (χ2n) is 6.28. The first-order valence-corrected chi connectivity index (χ1v) is 8.42. The molecule has 0 unspecified atom stereocenters. The SMILES string of the molecule is COc1ccc([C@@H](C[NH2+][C@@H](C)C(N)=O)c2c[nH]c3ccccc23)cc1. The lowest BCUT2D eigenvalue weighted by atomic mass is 9.90. The first-order chi connectivity index (χ1) is 12.1. The number of nitrogens with one attached hydrogen (secondary N) is 1. The number of carbonyl (C=O) groups excluding carboxylic acids is 1. The first-order valence-electron chi connectivity index (χ1n) is 8.42. The third-order valence-corrected chi connectivity index (χ3v) is 4.69. The molecule has 130 valence electrons. The first kappa shape index (κ1) is 17.0. The number of aromatic nitrogens is 1. The van der Waals surface area contributed by atoms with Gasteiger partial charge in [-0.1, -0.05) is 30.3 Å². The third kappa shape index (κ3) is 3.67. The van der Waals surface area contributed by atoms with Crippen LogP contribution in [0, 0.1) is 0 Å². The Balaban J connectivity index is 1.97. The number of nitrogens with two attached hydrogens (primary N) is 2. The van der Waals surface area contributed by atoms with E-state index >= 15 is 0 Å². The number of hydrogen-bond acceptors (Lipinski definition) is 2. The number of amides is 1. The van der Waals surface area contributed by atoms with E-state index in [9.17, 15) is 4.79 Å². The maximum absolute atomic E-state index is 11.4. The second kappa shape index (κ2) is 7.40. The van der Waals surface area contributed by atoms with Gasteiger partial charge >= 0.3 is 0 Å². The summed E-state index contributed by atoms with van der Waals surface area (Å²) < 4.78 is 5.26. The van der Waals surface area contributed by atoms with Gasteiger partial charge in [0.05, 0.1) is 19.6 Å². The number of H-pyrrole nitrogens is 1. The monoisotopic (exact) mass is 338 g/mol. The van der Waals surface area contributed by atoms with E-state index in [0.717, 1.165) is 17.8 Å². The van der Waals surface area contributed by atoms with Gasteiger partial charge in [0.15, 0.2) is 6.04 Å². The second-order valence-corrected chi connectivity index (χ2v) is 6.28. The van der Waals surface area contributed by atoms with Gasteiger partial charge < -0.3 is 20.8 Å². The van der Waals surface area contributed by atoms with Crippen molar-refractivity contribution in [1.29, 1.82) is 0 Å². The lowest BCUT2D eigenvalue weighted by molar-refractivity contribution is -0.674. The zero-order valence-electron chi connectivity index (χ0n) is 14.5. The van der Waals surface area contributed by atoms with Gasteiger partial charge in [0.25, 0.3) is 5.91 Å². The molecule has 3 rings (SSSR count). The van der Waals surface area contributed by atoms with Crippen molar-refractivity contribution in [3.63, 3.8) is 0 Å². The Morgan fingerprint density at radius 1 is 1.20 bits per heavy atom. The lowest BCUT2D eigenvalue weighted by Gasteiger charge is -2.18. The van der Waals surface area contributed by atoms with E-state index in [-0.39, 0.29) is 17.9 Å². The Morgan fingerprint density at radius 3 is 2.60 bits per heavy atom. The summed E-state index contributed by atoms with van der Waals surface area (Å²) in [6.45, 7) is 2.57. The van der Waals surface area contributed by atoms with Crippen LogP contribution >= 0.6 is 0 Å². The summed E-state index contributed by atoms with van der Waals surface area (Å²) in [4.78, 5) is 14.7. The molecule has 2 aromatic carbocycles. The van der Waals surface area contributed by atoms with Gasteiger partial charge in [0, 0.05) is 17.1 Å². The Labute approximate surface area is 147 Å². The molecule has 0 fully saturated rings. The maximum Gasteiger partial charge on any atom is 0.275 e. The molecule has 1 heterocycles. The van der Waals surface area contributed by atoms with Crippen LogP contribution in [0.5, 0.6) is 5.75 Å². The van der Waals surface area contributed by atoms with Gasteiger partial charge in [-0.3, -0.25) is 4.79 Å². The minimum atomic E-state index is -0.299. The maximum atomic E-state index is 11.4. The highest BCUT2D eigenvalue weighted by Gasteiger charge is 2.22. The van der Waals surface area contributed by atoms with E-state index in [0.29, 0.717) is 0 Å². The molecule has 0 radical (unpaired) electrons. The highest BCUT2D eigenvalue weighted by atomic mass is 16.5. The number of carbonyl (C=O) groups is 1. The molecule has 0 saturated carbocycles. The summed E-state index contributed by atoms with van der Waals surface area (Å²) in [6.07, 6.45) is 2.06. The average molecular weight is 338 g/mol. The van der Waals surface area contributed by atoms with E-state index in [1.54, 1.807) is 7.11 Å². The molecule has 0 aliphatic rings.